The minimum atomic E-state index is -0.336. The highest BCUT2D eigenvalue weighted by atomic mass is 16.5. The van der Waals surface area contributed by atoms with Crippen LogP contribution in [-0.4, -0.2) is 20.1 Å². The van der Waals surface area contributed by atoms with Crippen molar-refractivity contribution in [1.29, 1.82) is 0 Å². The van der Waals surface area contributed by atoms with Crippen LogP contribution in [-0.2, 0) is 6.42 Å². The molecule has 0 saturated carbocycles. The lowest BCUT2D eigenvalue weighted by Gasteiger charge is -2.09. The quantitative estimate of drug-likeness (QED) is 0.694. The topological polar surface area (TPSA) is 60.7 Å². The van der Waals surface area contributed by atoms with Crippen molar-refractivity contribution in [2.75, 3.05) is 19.5 Å². The summed E-state index contributed by atoms with van der Waals surface area (Å²) in [5.74, 6) is 1.74. The Balaban J connectivity index is 1.77. The molecule has 0 unspecified atom stereocenters. The Morgan fingerprint density at radius 3 is 2.19 bits per heavy atom. The monoisotopic (exact) mass is 351 g/mol. The Morgan fingerprint density at radius 2 is 1.62 bits per heavy atom. The largest absolute Gasteiger partial charge is 0.497 e. The first-order chi connectivity index (χ1) is 12.6. The number of ether oxygens (including phenoxy) is 2. The van der Waals surface area contributed by atoms with Gasteiger partial charge in [-0.05, 0) is 24.1 Å². The second-order valence-corrected chi connectivity index (χ2v) is 5.77. The van der Waals surface area contributed by atoms with E-state index in [1.807, 2.05) is 12.1 Å². The molecule has 0 aliphatic rings. The Morgan fingerprint density at radius 1 is 0.962 bits per heavy atom. The van der Waals surface area contributed by atoms with Crippen LogP contribution in [0.15, 0.2) is 59.0 Å². The van der Waals surface area contributed by atoms with Gasteiger partial charge in [-0.2, -0.15) is 0 Å². The van der Waals surface area contributed by atoms with E-state index in [4.69, 9.17) is 13.9 Å². The lowest BCUT2D eigenvalue weighted by atomic mass is 10.1. The standard InChI is InChI=1S/C21H21NO4/c1-4-14-5-7-15(8-6-14)19-9-10-20(26-19)21(23)22-16-11-17(24-2)13-18(12-16)25-3/h5-13H,4H2,1-3H3,(H,22,23). The molecule has 5 nitrogen and oxygen atoms in total. The SMILES string of the molecule is CCc1ccc(-c2ccc(C(=O)Nc3cc(OC)cc(OC)c3)o2)cc1. The fourth-order valence-electron chi connectivity index (χ4n) is 2.59. The molecule has 1 aromatic heterocycles. The number of aryl methyl sites for hydroxylation is 1. The number of carbonyl (C=O) groups is 1. The zero-order chi connectivity index (χ0) is 18.5. The van der Waals surface area contributed by atoms with Crippen LogP contribution in [0.1, 0.15) is 23.0 Å². The van der Waals surface area contributed by atoms with Gasteiger partial charge in [0, 0.05) is 29.4 Å². The molecule has 0 radical (unpaired) electrons. The number of rotatable bonds is 6. The summed E-state index contributed by atoms with van der Waals surface area (Å²) in [7, 11) is 3.12. The van der Waals surface area contributed by atoms with Gasteiger partial charge in [-0.15, -0.1) is 0 Å². The van der Waals surface area contributed by atoms with Crippen molar-refractivity contribution in [1.82, 2.24) is 0 Å². The molecule has 5 heteroatoms. The van der Waals surface area contributed by atoms with Gasteiger partial charge in [0.15, 0.2) is 5.76 Å². The molecule has 0 fully saturated rings. The number of hydrogen-bond donors (Lipinski definition) is 1. The van der Waals surface area contributed by atoms with E-state index < -0.39 is 0 Å². The molecule has 0 saturated heterocycles. The van der Waals surface area contributed by atoms with E-state index in [-0.39, 0.29) is 11.7 Å². The maximum atomic E-state index is 12.5. The fourth-order valence-corrected chi connectivity index (χ4v) is 2.59. The molecule has 26 heavy (non-hydrogen) atoms. The van der Waals surface area contributed by atoms with Gasteiger partial charge in [0.1, 0.15) is 17.3 Å². The molecule has 0 aliphatic carbocycles. The molecule has 2 aromatic carbocycles. The summed E-state index contributed by atoms with van der Waals surface area (Å²) < 4.78 is 16.1. The number of methoxy groups -OCH3 is 2. The molecule has 3 rings (SSSR count). The second-order valence-electron chi connectivity index (χ2n) is 5.77. The lowest BCUT2D eigenvalue weighted by Crippen LogP contribution is -2.11. The smallest absolute Gasteiger partial charge is 0.291 e. The molecular formula is C21H21NO4. The van der Waals surface area contributed by atoms with Crippen molar-refractivity contribution in [2.24, 2.45) is 0 Å². The summed E-state index contributed by atoms with van der Waals surface area (Å²) in [4.78, 5) is 12.5. The van der Waals surface area contributed by atoms with Crippen molar-refractivity contribution in [3.05, 3.63) is 65.9 Å². The summed E-state index contributed by atoms with van der Waals surface area (Å²) in [5, 5.41) is 2.80. The van der Waals surface area contributed by atoms with Gasteiger partial charge in [0.2, 0.25) is 0 Å². The van der Waals surface area contributed by atoms with Crippen LogP contribution < -0.4 is 14.8 Å². The highest BCUT2D eigenvalue weighted by molar-refractivity contribution is 6.02. The number of furan rings is 1. The average Bonchev–Trinajstić information content (AvgIpc) is 3.18. The predicted molar refractivity (Wildman–Crippen MR) is 101 cm³/mol. The van der Waals surface area contributed by atoms with Crippen LogP contribution in [0.5, 0.6) is 11.5 Å². The zero-order valence-corrected chi connectivity index (χ0v) is 15.0. The van der Waals surface area contributed by atoms with Gasteiger partial charge in [-0.1, -0.05) is 31.2 Å². The first-order valence-corrected chi connectivity index (χ1v) is 8.36. The highest BCUT2D eigenvalue weighted by Crippen LogP contribution is 2.27. The Hall–Kier alpha value is -3.21. The highest BCUT2D eigenvalue weighted by Gasteiger charge is 2.14. The second kappa shape index (κ2) is 7.78. The first kappa shape index (κ1) is 17.6. The summed E-state index contributed by atoms with van der Waals surface area (Å²) >= 11 is 0. The summed E-state index contributed by atoms with van der Waals surface area (Å²) in [6, 6.07) is 16.7. The van der Waals surface area contributed by atoms with E-state index in [0.29, 0.717) is 22.9 Å². The van der Waals surface area contributed by atoms with Crippen LogP contribution in [0, 0.1) is 0 Å². The van der Waals surface area contributed by atoms with Crippen molar-refractivity contribution < 1.29 is 18.7 Å². The van der Waals surface area contributed by atoms with E-state index >= 15 is 0 Å². The average molecular weight is 351 g/mol. The third-order valence-corrected chi connectivity index (χ3v) is 4.09. The lowest BCUT2D eigenvalue weighted by molar-refractivity contribution is 0.0997. The number of carbonyl (C=O) groups excluding carboxylic acids is 1. The van der Waals surface area contributed by atoms with Gasteiger partial charge in [-0.25, -0.2) is 0 Å². The molecule has 1 amide bonds. The van der Waals surface area contributed by atoms with Crippen molar-refractivity contribution in [3.8, 4) is 22.8 Å². The van der Waals surface area contributed by atoms with Crippen molar-refractivity contribution >= 4 is 11.6 Å². The number of benzene rings is 2. The summed E-state index contributed by atoms with van der Waals surface area (Å²) in [6.45, 7) is 2.11. The summed E-state index contributed by atoms with van der Waals surface area (Å²) in [6.07, 6.45) is 0.982. The van der Waals surface area contributed by atoms with Gasteiger partial charge in [0.05, 0.1) is 14.2 Å². The van der Waals surface area contributed by atoms with E-state index in [2.05, 4.69) is 24.4 Å². The van der Waals surface area contributed by atoms with Crippen molar-refractivity contribution in [2.45, 2.75) is 13.3 Å². The molecule has 1 N–H and O–H groups in total. The third kappa shape index (κ3) is 3.88. The molecule has 0 spiro atoms. The molecule has 1 heterocycles. The number of amides is 1. The molecule has 0 bridgehead atoms. The van der Waals surface area contributed by atoms with Gasteiger partial charge >= 0.3 is 0 Å². The number of nitrogens with one attached hydrogen (secondary N) is 1. The van der Waals surface area contributed by atoms with Crippen LogP contribution in [0.25, 0.3) is 11.3 Å². The molecule has 134 valence electrons. The van der Waals surface area contributed by atoms with E-state index in [9.17, 15) is 4.79 Å². The van der Waals surface area contributed by atoms with Crippen LogP contribution >= 0.6 is 0 Å². The zero-order valence-electron chi connectivity index (χ0n) is 15.0. The number of anilines is 1. The Bertz CT molecular complexity index is 874. The Kier molecular flexibility index (Phi) is 5.27. The third-order valence-electron chi connectivity index (χ3n) is 4.09. The molecule has 3 aromatic rings. The number of hydrogen-bond acceptors (Lipinski definition) is 4. The molecular weight excluding hydrogens is 330 g/mol. The predicted octanol–water partition coefficient (Wildman–Crippen LogP) is 4.78. The minimum Gasteiger partial charge on any atom is -0.497 e. The molecule has 0 atom stereocenters. The van der Waals surface area contributed by atoms with Crippen LogP contribution in [0.3, 0.4) is 0 Å². The maximum absolute atomic E-state index is 12.5. The first-order valence-electron chi connectivity index (χ1n) is 8.36. The van der Waals surface area contributed by atoms with Crippen molar-refractivity contribution in [3.63, 3.8) is 0 Å². The van der Waals surface area contributed by atoms with E-state index in [0.717, 1.165) is 12.0 Å². The van der Waals surface area contributed by atoms with Crippen LogP contribution in [0.2, 0.25) is 0 Å². The van der Waals surface area contributed by atoms with Gasteiger partial charge < -0.3 is 19.2 Å². The molecule has 0 aliphatic heterocycles. The van der Waals surface area contributed by atoms with Gasteiger partial charge in [-0.3, -0.25) is 4.79 Å². The maximum Gasteiger partial charge on any atom is 0.291 e. The van der Waals surface area contributed by atoms with Crippen LogP contribution in [0.4, 0.5) is 5.69 Å². The Labute approximate surface area is 152 Å². The van der Waals surface area contributed by atoms with E-state index in [1.165, 1.54) is 5.56 Å². The van der Waals surface area contributed by atoms with E-state index in [1.54, 1.807) is 44.6 Å². The fraction of sp³-hybridized carbons (Fsp3) is 0.190. The summed E-state index contributed by atoms with van der Waals surface area (Å²) in [5.41, 5.74) is 2.76. The minimum absolute atomic E-state index is 0.237. The normalized spacial score (nSPS) is 10.4. The van der Waals surface area contributed by atoms with Gasteiger partial charge in [0.25, 0.3) is 5.91 Å².